The molecule has 23 heavy (non-hydrogen) atoms. The van der Waals surface area contributed by atoms with Crippen molar-refractivity contribution in [3.05, 3.63) is 29.8 Å². The Morgan fingerprint density at radius 2 is 1.83 bits per heavy atom. The van der Waals surface area contributed by atoms with Crippen LogP contribution in [-0.2, 0) is 10.3 Å². The topological polar surface area (TPSA) is 81.8 Å². The van der Waals surface area contributed by atoms with Crippen LogP contribution < -0.4 is 10.5 Å². The van der Waals surface area contributed by atoms with Crippen molar-refractivity contribution in [2.45, 2.75) is 46.6 Å². The summed E-state index contributed by atoms with van der Waals surface area (Å²) in [4.78, 5) is 11.3. The fraction of sp³-hybridized carbons (Fsp3) is 0.611. The molecule has 0 spiro atoms. The van der Waals surface area contributed by atoms with Gasteiger partial charge in [-0.2, -0.15) is 0 Å². The van der Waals surface area contributed by atoms with Gasteiger partial charge in [-0.1, -0.05) is 53.2 Å². The van der Waals surface area contributed by atoms with E-state index in [1.807, 2.05) is 32.9 Å². The average Bonchev–Trinajstić information content (AvgIpc) is 2.49. The number of nitrogens with two attached hydrogens (primary N) is 1. The summed E-state index contributed by atoms with van der Waals surface area (Å²) in [6, 6.07) is 7.24. The van der Waals surface area contributed by atoms with Crippen LogP contribution in [0.15, 0.2) is 24.3 Å². The first kappa shape index (κ1) is 19.3. The smallest absolute Gasteiger partial charge is 0.405 e. The third kappa shape index (κ3) is 4.61. The normalized spacial score (nSPS) is 15.6. The molecule has 1 aromatic carbocycles. The summed E-state index contributed by atoms with van der Waals surface area (Å²) < 4.78 is 11.1. The van der Waals surface area contributed by atoms with Gasteiger partial charge in [-0.3, -0.25) is 0 Å². The Balaban J connectivity index is 3.06. The van der Waals surface area contributed by atoms with Gasteiger partial charge in [-0.25, -0.2) is 4.79 Å². The molecule has 0 saturated heterocycles. The third-order valence-corrected chi connectivity index (χ3v) is 4.26. The molecule has 5 heteroatoms. The van der Waals surface area contributed by atoms with E-state index >= 15 is 0 Å². The van der Waals surface area contributed by atoms with E-state index in [2.05, 4.69) is 13.8 Å². The maximum Gasteiger partial charge on any atom is 0.405 e. The minimum atomic E-state index is -1.20. The summed E-state index contributed by atoms with van der Waals surface area (Å²) in [5, 5.41) is 9.93. The number of primary amides is 1. The van der Waals surface area contributed by atoms with Crippen molar-refractivity contribution in [1.29, 1.82) is 0 Å². The van der Waals surface area contributed by atoms with Crippen LogP contribution in [0.25, 0.3) is 0 Å². The summed E-state index contributed by atoms with van der Waals surface area (Å²) >= 11 is 0. The van der Waals surface area contributed by atoms with Crippen LogP contribution in [0.4, 0.5) is 4.79 Å². The molecule has 1 aromatic rings. The third-order valence-electron chi connectivity index (χ3n) is 4.26. The number of aliphatic hydroxyl groups excluding tert-OH is 1. The lowest BCUT2D eigenvalue weighted by molar-refractivity contribution is -0.105. The van der Waals surface area contributed by atoms with Gasteiger partial charge in [0, 0.05) is 5.41 Å². The summed E-state index contributed by atoms with van der Waals surface area (Å²) in [5.41, 5.74) is 4.17. The minimum Gasteiger partial charge on any atom is -0.493 e. The van der Waals surface area contributed by atoms with Crippen LogP contribution in [0.2, 0.25) is 0 Å². The number of amides is 1. The number of carbonyl (C=O) groups excluding carboxylic acids is 1. The zero-order valence-electron chi connectivity index (χ0n) is 14.8. The van der Waals surface area contributed by atoms with Crippen LogP contribution in [0.1, 0.15) is 46.6 Å². The van der Waals surface area contributed by atoms with Crippen LogP contribution in [0.5, 0.6) is 5.75 Å². The molecule has 1 amide bonds. The lowest BCUT2D eigenvalue weighted by Crippen LogP contribution is -2.48. The molecule has 2 atom stereocenters. The molecule has 0 radical (unpaired) electrons. The second kappa shape index (κ2) is 7.68. The van der Waals surface area contributed by atoms with Gasteiger partial charge < -0.3 is 20.3 Å². The van der Waals surface area contributed by atoms with E-state index in [-0.39, 0.29) is 6.61 Å². The van der Waals surface area contributed by atoms with Gasteiger partial charge in [0.15, 0.2) is 5.60 Å². The van der Waals surface area contributed by atoms with Crippen molar-refractivity contribution in [2.75, 3.05) is 13.2 Å². The lowest BCUT2D eigenvalue weighted by Gasteiger charge is -2.42. The summed E-state index contributed by atoms with van der Waals surface area (Å²) in [6.07, 6.45) is 0.147. The van der Waals surface area contributed by atoms with Gasteiger partial charge in [-0.05, 0) is 23.6 Å². The van der Waals surface area contributed by atoms with Gasteiger partial charge in [0.25, 0.3) is 0 Å². The monoisotopic (exact) mass is 323 g/mol. The largest absolute Gasteiger partial charge is 0.493 e. The minimum absolute atomic E-state index is 0.355. The standard InChI is InChI=1S/C18H29NO4/c1-6-13(2)11-22-15-9-7-14(8-10-15)18(12-20,17(3,4)5)23-16(19)21/h7-10,13,20H,6,11-12H2,1-5H3,(H2,19,21)/t13-,18-/m0/s1. The number of hydrogen-bond acceptors (Lipinski definition) is 4. The first-order valence-corrected chi connectivity index (χ1v) is 7.99. The van der Waals surface area contributed by atoms with Crippen LogP contribution >= 0.6 is 0 Å². The Bertz CT molecular complexity index is 507. The van der Waals surface area contributed by atoms with Gasteiger partial charge in [0.2, 0.25) is 0 Å². The highest BCUT2D eigenvalue weighted by Gasteiger charge is 2.46. The maximum absolute atomic E-state index is 11.3. The summed E-state index contributed by atoms with van der Waals surface area (Å²) in [7, 11) is 0. The predicted octanol–water partition coefficient (Wildman–Crippen LogP) is 3.44. The van der Waals surface area contributed by atoms with Crippen molar-refractivity contribution in [1.82, 2.24) is 0 Å². The van der Waals surface area contributed by atoms with E-state index in [1.54, 1.807) is 12.1 Å². The summed E-state index contributed by atoms with van der Waals surface area (Å²) in [6.45, 7) is 10.2. The number of aliphatic hydroxyl groups is 1. The highest BCUT2D eigenvalue weighted by atomic mass is 16.6. The number of carbonyl (C=O) groups is 1. The van der Waals surface area contributed by atoms with Gasteiger partial charge >= 0.3 is 6.09 Å². The molecule has 0 unspecified atom stereocenters. The average molecular weight is 323 g/mol. The second-order valence-electron chi connectivity index (χ2n) is 7.01. The molecule has 3 N–H and O–H groups in total. The SMILES string of the molecule is CC[C@H](C)COc1ccc([C@](CO)(OC(N)=O)C(C)(C)C)cc1. The zero-order valence-corrected chi connectivity index (χ0v) is 14.8. The van der Waals surface area contributed by atoms with E-state index in [4.69, 9.17) is 15.2 Å². The van der Waals surface area contributed by atoms with Crippen LogP contribution in [-0.4, -0.2) is 24.4 Å². The second-order valence-corrected chi connectivity index (χ2v) is 7.01. The molecule has 0 aromatic heterocycles. The van der Waals surface area contributed by atoms with E-state index in [0.29, 0.717) is 18.1 Å². The Morgan fingerprint density at radius 3 is 2.22 bits per heavy atom. The molecular weight excluding hydrogens is 294 g/mol. The quantitative estimate of drug-likeness (QED) is 0.805. The van der Waals surface area contributed by atoms with Crippen LogP contribution in [0, 0.1) is 11.3 Å². The van der Waals surface area contributed by atoms with Crippen molar-refractivity contribution >= 4 is 6.09 Å². The highest BCUT2D eigenvalue weighted by molar-refractivity contribution is 5.65. The number of hydrogen-bond donors (Lipinski definition) is 2. The Labute approximate surface area is 138 Å². The maximum atomic E-state index is 11.3. The van der Waals surface area contributed by atoms with Crippen molar-refractivity contribution in [3.8, 4) is 5.75 Å². The number of benzene rings is 1. The Hall–Kier alpha value is -1.75. The molecule has 0 aliphatic carbocycles. The van der Waals surface area contributed by atoms with Crippen LogP contribution in [0.3, 0.4) is 0 Å². The molecule has 130 valence electrons. The van der Waals surface area contributed by atoms with Crippen molar-refractivity contribution in [2.24, 2.45) is 17.1 Å². The molecular formula is C18H29NO4. The molecule has 0 saturated carbocycles. The van der Waals surface area contributed by atoms with Gasteiger partial charge in [0.05, 0.1) is 13.2 Å². The van der Waals surface area contributed by atoms with Crippen molar-refractivity contribution in [3.63, 3.8) is 0 Å². The molecule has 1 rings (SSSR count). The Kier molecular flexibility index (Phi) is 6.45. The number of ether oxygens (including phenoxy) is 2. The lowest BCUT2D eigenvalue weighted by atomic mass is 9.72. The fourth-order valence-corrected chi connectivity index (χ4v) is 2.35. The molecule has 0 aliphatic heterocycles. The van der Waals surface area contributed by atoms with E-state index in [0.717, 1.165) is 12.2 Å². The Morgan fingerprint density at radius 1 is 1.26 bits per heavy atom. The fourth-order valence-electron chi connectivity index (χ4n) is 2.35. The van der Waals surface area contributed by atoms with E-state index in [9.17, 15) is 9.90 Å². The first-order chi connectivity index (χ1) is 10.7. The first-order valence-electron chi connectivity index (χ1n) is 7.99. The van der Waals surface area contributed by atoms with Gasteiger partial charge in [0.1, 0.15) is 5.75 Å². The van der Waals surface area contributed by atoms with E-state index < -0.39 is 17.1 Å². The molecule has 0 heterocycles. The summed E-state index contributed by atoms with van der Waals surface area (Å²) in [5.74, 6) is 1.23. The molecule has 5 nitrogen and oxygen atoms in total. The van der Waals surface area contributed by atoms with Gasteiger partial charge in [-0.15, -0.1) is 0 Å². The molecule has 0 aliphatic rings. The predicted molar refractivity (Wildman–Crippen MR) is 90.3 cm³/mol. The molecule has 0 fully saturated rings. The van der Waals surface area contributed by atoms with Crippen molar-refractivity contribution < 1.29 is 19.4 Å². The number of rotatable bonds is 7. The highest BCUT2D eigenvalue weighted by Crippen LogP contribution is 2.42. The van der Waals surface area contributed by atoms with E-state index in [1.165, 1.54) is 0 Å². The zero-order chi connectivity index (χ0) is 17.7. The molecule has 0 bridgehead atoms.